The molecule has 0 saturated heterocycles. The van der Waals surface area contributed by atoms with Crippen LogP contribution in [0.2, 0.25) is 0 Å². The van der Waals surface area contributed by atoms with Crippen molar-refractivity contribution in [3.63, 3.8) is 0 Å². The summed E-state index contributed by atoms with van der Waals surface area (Å²) in [5, 5.41) is 0. The van der Waals surface area contributed by atoms with Gasteiger partial charge in [-0.05, 0) is 25.5 Å². The number of ketones is 1. The number of rotatable bonds is 4. The van der Waals surface area contributed by atoms with E-state index in [1.54, 1.807) is 6.92 Å². The summed E-state index contributed by atoms with van der Waals surface area (Å²) in [7, 11) is 0. The molecule has 0 saturated carbocycles. The van der Waals surface area contributed by atoms with Gasteiger partial charge in [-0.1, -0.05) is 28.1 Å². The van der Waals surface area contributed by atoms with Crippen LogP contribution in [-0.2, 0) is 9.53 Å². The van der Waals surface area contributed by atoms with Crippen LogP contribution in [0.5, 0.6) is 0 Å². The van der Waals surface area contributed by atoms with Gasteiger partial charge in [-0.3, -0.25) is 4.79 Å². The summed E-state index contributed by atoms with van der Waals surface area (Å²) in [6, 6.07) is 4.01. The predicted molar refractivity (Wildman–Crippen MR) is 64.8 cm³/mol. The third-order valence-corrected chi connectivity index (χ3v) is 3.11. The first kappa shape index (κ1) is 14.8. The Kier molecular flexibility index (Phi) is 4.56. The van der Waals surface area contributed by atoms with Crippen molar-refractivity contribution in [1.82, 2.24) is 0 Å². The Morgan fingerprint density at radius 1 is 1.39 bits per heavy atom. The lowest BCUT2D eigenvalue weighted by Crippen LogP contribution is -2.39. The summed E-state index contributed by atoms with van der Waals surface area (Å²) < 4.78 is 31.7. The lowest BCUT2D eigenvalue weighted by Gasteiger charge is -2.13. The minimum absolute atomic E-state index is 0.209. The average Bonchev–Trinajstić information content (AvgIpc) is 2.32. The van der Waals surface area contributed by atoms with Crippen molar-refractivity contribution < 1.29 is 23.1 Å². The summed E-state index contributed by atoms with van der Waals surface area (Å²) in [5.74, 6) is -7.56. The second-order valence-corrected chi connectivity index (χ2v) is 4.44. The number of Topliss-reactive ketones (excluding diaryl/α,β-unsaturated/α-hetero) is 1. The number of carbonyl (C=O) groups excluding carboxylic acids is 2. The molecule has 0 spiro atoms. The van der Waals surface area contributed by atoms with E-state index in [0.717, 1.165) is 5.56 Å². The number of esters is 1. The van der Waals surface area contributed by atoms with Gasteiger partial charge in [0.05, 0.1) is 6.61 Å². The zero-order valence-corrected chi connectivity index (χ0v) is 11.4. The monoisotopic (exact) mass is 320 g/mol. The van der Waals surface area contributed by atoms with E-state index < -0.39 is 17.7 Å². The molecule has 18 heavy (non-hydrogen) atoms. The minimum Gasteiger partial charge on any atom is -0.461 e. The molecule has 1 aromatic carbocycles. The van der Waals surface area contributed by atoms with Gasteiger partial charge in [0, 0.05) is 10.0 Å². The number of halogens is 3. The highest BCUT2D eigenvalue weighted by Crippen LogP contribution is 2.25. The van der Waals surface area contributed by atoms with E-state index >= 15 is 0 Å². The highest BCUT2D eigenvalue weighted by atomic mass is 79.9. The van der Waals surface area contributed by atoms with Gasteiger partial charge < -0.3 is 4.74 Å². The minimum atomic E-state index is -4.16. The van der Waals surface area contributed by atoms with Crippen molar-refractivity contribution >= 4 is 27.7 Å². The maximum absolute atomic E-state index is 13.5. The summed E-state index contributed by atoms with van der Waals surface area (Å²) >= 11 is 3.14. The predicted octanol–water partition coefficient (Wildman–Crippen LogP) is 3.14. The van der Waals surface area contributed by atoms with Gasteiger partial charge in [-0.2, -0.15) is 8.78 Å². The molecule has 0 aromatic heterocycles. The molecule has 0 aliphatic rings. The van der Waals surface area contributed by atoms with Crippen molar-refractivity contribution in [3.8, 4) is 0 Å². The van der Waals surface area contributed by atoms with Crippen molar-refractivity contribution in [3.05, 3.63) is 33.8 Å². The zero-order valence-electron chi connectivity index (χ0n) is 9.80. The van der Waals surface area contributed by atoms with Crippen LogP contribution in [0.1, 0.15) is 22.8 Å². The van der Waals surface area contributed by atoms with Gasteiger partial charge in [-0.15, -0.1) is 0 Å². The number of hydrogen-bond acceptors (Lipinski definition) is 3. The van der Waals surface area contributed by atoms with Gasteiger partial charge in [0.15, 0.2) is 0 Å². The van der Waals surface area contributed by atoms with Gasteiger partial charge in [0.25, 0.3) is 0 Å². The maximum atomic E-state index is 13.5. The van der Waals surface area contributed by atoms with Crippen LogP contribution in [0, 0.1) is 6.92 Å². The third-order valence-electron chi connectivity index (χ3n) is 2.25. The fraction of sp³-hybridized carbons (Fsp3) is 0.333. The molecule has 6 heteroatoms. The van der Waals surface area contributed by atoms with E-state index in [2.05, 4.69) is 20.7 Å². The van der Waals surface area contributed by atoms with E-state index in [0.29, 0.717) is 4.47 Å². The number of ether oxygens (including phenoxy) is 1. The molecule has 0 heterocycles. The molecule has 0 unspecified atom stereocenters. The first-order valence-electron chi connectivity index (χ1n) is 5.16. The van der Waals surface area contributed by atoms with Crippen LogP contribution < -0.4 is 0 Å². The molecule has 0 atom stereocenters. The number of hydrogen-bond donors (Lipinski definition) is 0. The van der Waals surface area contributed by atoms with Gasteiger partial charge >= 0.3 is 11.9 Å². The first-order chi connectivity index (χ1) is 8.30. The topological polar surface area (TPSA) is 43.4 Å². The summed E-state index contributed by atoms with van der Waals surface area (Å²) in [6.07, 6.45) is 0. The van der Waals surface area contributed by atoms with Crippen LogP contribution >= 0.6 is 15.9 Å². The van der Waals surface area contributed by atoms with Crippen LogP contribution in [0.15, 0.2) is 22.7 Å². The molecule has 1 aromatic rings. The Hall–Kier alpha value is -1.30. The summed E-state index contributed by atoms with van der Waals surface area (Å²) in [6.45, 7) is 2.93. The molecule has 0 bridgehead atoms. The highest BCUT2D eigenvalue weighted by molar-refractivity contribution is 9.10. The van der Waals surface area contributed by atoms with Crippen LogP contribution in [0.4, 0.5) is 8.78 Å². The fourth-order valence-electron chi connectivity index (χ4n) is 1.23. The number of carbonyl (C=O) groups is 2. The molecule has 0 amide bonds. The molecule has 0 N–H and O–H groups in total. The summed E-state index contributed by atoms with van der Waals surface area (Å²) in [4.78, 5) is 22.6. The van der Waals surface area contributed by atoms with Crippen molar-refractivity contribution in [1.29, 1.82) is 0 Å². The highest BCUT2D eigenvalue weighted by Gasteiger charge is 2.49. The molecule has 1 rings (SSSR count). The van der Waals surface area contributed by atoms with Crippen molar-refractivity contribution in [2.24, 2.45) is 0 Å². The van der Waals surface area contributed by atoms with Crippen LogP contribution in [0.25, 0.3) is 0 Å². The third kappa shape index (κ3) is 2.93. The van der Waals surface area contributed by atoms with E-state index in [1.807, 2.05) is 0 Å². The molecular weight excluding hydrogens is 310 g/mol. The molecule has 0 radical (unpaired) electrons. The van der Waals surface area contributed by atoms with Gasteiger partial charge in [0.1, 0.15) is 0 Å². The molecule has 3 nitrogen and oxygen atoms in total. The lowest BCUT2D eigenvalue weighted by atomic mass is 10.0. The van der Waals surface area contributed by atoms with Gasteiger partial charge in [0.2, 0.25) is 5.78 Å². The maximum Gasteiger partial charge on any atom is 0.404 e. The SMILES string of the molecule is CCOC(=O)C(F)(F)C(=O)c1ccc(C)c(Br)c1. The van der Waals surface area contributed by atoms with E-state index in [9.17, 15) is 18.4 Å². The lowest BCUT2D eigenvalue weighted by molar-refractivity contribution is -0.164. The summed E-state index contributed by atoms with van der Waals surface area (Å²) in [5.41, 5.74) is 0.552. The first-order valence-corrected chi connectivity index (χ1v) is 5.96. The van der Waals surface area contributed by atoms with Gasteiger partial charge in [-0.25, -0.2) is 4.79 Å². The van der Waals surface area contributed by atoms with Crippen molar-refractivity contribution in [2.45, 2.75) is 19.8 Å². The number of aryl methyl sites for hydroxylation is 1. The number of alkyl halides is 2. The Bertz CT molecular complexity index is 486. The normalized spacial score (nSPS) is 11.2. The standard InChI is InChI=1S/C12H11BrF2O3/c1-3-18-11(17)12(14,15)10(16)8-5-4-7(2)9(13)6-8/h4-6H,3H2,1-2H3. The second kappa shape index (κ2) is 5.56. The average molecular weight is 321 g/mol. The Balaban J connectivity index is 3.05. The van der Waals surface area contributed by atoms with E-state index in [-0.39, 0.29) is 12.2 Å². The second-order valence-electron chi connectivity index (χ2n) is 3.59. The Labute approximate surface area is 111 Å². The molecular formula is C12H11BrF2O3. The fourth-order valence-corrected chi connectivity index (χ4v) is 1.61. The molecule has 0 aliphatic carbocycles. The van der Waals surface area contributed by atoms with E-state index in [1.165, 1.54) is 25.1 Å². The quantitative estimate of drug-likeness (QED) is 0.486. The van der Waals surface area contributed by atoms with Crippen LogP contribution in [0.3, 0.4) is 0 Å². The molecule has 0 aliphatic heterocycles. The zero-order chi connectivity index (χ0) is 13.9. The van der Waals surface area contributed by atoms with Crippen LogP contribution in [-0.4, -0.2) is 24.3 Å². The Morgan fingerprint density at radius 3 is 2.50 bits per heavy atom. The van der Waals surface area contributed by atoms with E-state index in [4.69, 9.17) is 0 Å². The smallest absolute Gasteiger partial charge is 0.404 e. The Morgan fingerprint density at radius 2 is 2.00 bits per heavy atom. The van der Waals surface area contributed by atoms with Crippen molar-refractivity contribution in [2.75, 3.05) is 6.61 Å². The number of benzene rings is 1. The molecule has 0 fully saturated rings. The molecule has 98 valence electrons. The largest absolute Gasteiger partial charge is 0.461 e.